The number of rotatable bonds is 7. The Hall–Kier alpha value is -3.32. The number of hydrogen-bond donors (Lipinski definition) is 0. The van der Waals surface area contributed by atoms with Crippen molar-refractivity contribution in [3.8, 4) is 16.9 Å². The van der Waals surface area contributed by atoms with Gasteiger partial charge < -0.3 is 9.64 Å². The van der Waals surface area contributed by atoms with Crippen molar-refractivity contribution in [2.24, 2.45) is 0 Å². The van der Waals surface area contributed by atoms with Crippen molar-refractivity contribution in [1.29, 1.82) is 0 Å². The minimum absolute atomic E-state index is 0.0407. The summed E-state index contributed by atoms with van der Waals surface area (Å²) in [4.78, 5) is 2.13. The lowest BCUT2D eigenvalue weighted by Gasteiger charge is -2.12. The standard InChI is InChI=1S/C24H24F2N4O/c1-29(2)14-16-4-6-17(7-5-16)20-11-10-19(30-15-27-28-24(20)30)9-8-18-12-23(31-3)22(26)13-21(18)25/h4-7,10-13,15H,8-9,14H2,1-3H3. The lowest BCUT2D eigenvalue weighted by atomic mass is 10.0. The Morgan fingerprint density at radius 3 is 2.45 bits per heavy atom. The van der Waals surface area contributed by atoms with E-state index in [9.17, 15) is 8.78 Å². The van der Waals surface area contributed by atoms with Crippen molar-refractivity contribution in [3.63, 3.8) is 0 Å². The van der Waals surface area contributed by atoms with Crippen LogP contribution in [0.15, 0.2) is 54.9 Å². The third kappa shape index (κ3) is 4.41. The Morgan fingerprint density at radius 2 is 1.74 bits per heavy atom. The Morgan fingerprint density at radius 1 is 0.968 bits per heavy atom. The number of ether oxygens (including phenoxy) is 1. The van der Waals surface area contributed by atoms with Crippen molar-refractivity contribution in [2.45, 2.75) is 19.4 Å². The molecule has 0 bridgehead atoms. The van der Waals surface area contributed by atoms with Crippen LogP contribution in [0.1, 0.15) is 16.8 Å². The van der Waals surface area contributed by atoms with Gasteiger partial charge in [0.25, 0.3) is 0 Å². The van der Waals surface area contributed by atoms with Gasteiger partial charge in [-0.05, 0) is 61.8 Å². The first kappa shape index (κ1) is 20.9. The molecule has 2 aromatic heterocycles. The van der Waals surface area contributed by atoms with E-state index >= 15 is 0 Å². The summed E-state index contributed by atoms with van der Waals surface area (Å²) < 4.78 is 34.7. The zero-order valence-corrected chi connectivity index (χ0v) is 17.8. The molecule has 31 heavy (non-hydrogen) atoms. The molecule has 0 saturated carbocycles. The van der Waals surface area contributed by atoms with Gasteiger partial charge in [-0.15, -0.1) is 10.2 Å². The normalized spacial score (nSPS) is 11.4. The van der Waals surface area contributed by atoms with Gasteiger partial charge >= 0.3 is 0 Å². The summed E-state index contributed by atoms with van der Waals surface area (Å²) in [6, 6.07) is 14.7. The molecule has 4 aromatic rings. The number of methoxy groups -OCH3 is 1. The number of aryl methyl sites for hydroxylation is 2. The second-order valence-corrected chi connectivity index (χ2v) is 7.78. The van der Waals surface area contributed by atoms with E-state index in [0.717, 1.165) is 35.1 Å². The maximum Gasteiger partial charge on any atom is 0.168 e. The maximum absolute atomic E-state index is 14.2. The molecule has 5 nitrogen and oxygen atoms in total. The molecule has 0 saturated heterocycles. The minimum atomic E-state index is -0.703. The van der Waals surface area contributed by atoms with Gasteiger partial charge in [0.1, 0.15) is 12.1 Å². The molecule has 0 radical (unpaired) electrons. The van der Waals surface area contributed by atoms with Crippen LogP contribution in [0.2, 0.25) is 0 Å². The maximum atomic E-state index is 14.2. The number of hydrogen-bond acceptors (Lipinski definition) is 4. The zero-order chi connectivity index (χ0) is 22.0. The predicted octanol–water partition coefficient (Wildman–Crippen LogP) is 4.53. The van der Waals surface area contributed by atoms with Crippen molar-refractivity contribution < 1.29 is 13.5 Å². The van der Waals surface area contributed by atoms with Crippen molar-refractivity contribution in [2.75, 3.05) is 21.2 Å². The molecule has 160 valence electrons. The molecule has 7 heteroatoms. The monoisotopic (exact) mass is 422 g/mol. The minimum Gasteiger partial charge on any atom is -0.494 e. The van der Waals surface area contributed by atoms with Crippen molar-refractivity contribution in [3.05, 3.63) is 83.3 Å². The number of benzene rings is 2. The van der Waals surface area contributed by atoms with Crippen molar-refractivity contribution >= 4 is 5.65 Å². The van der Waals surface area contributed by atoms with Gasteiger partial charge in [0.15, 0.2) is 17.2 Å². The van der Waals surface area contributed by atoms with Gasteiger partial charge in [-0.1, -0.05) is 24.3 Å². The van der Waals surface area contributed by atoms with Crippen LogP contribution in [-0.4, -0.2) is 40.7 Å². The number of aromatic nitrogens is 3. The van der Waals surface area contributed by atoms with E-state index in [1.54, 1.807) is 6.33 Å². The molecular formula is C24H24F2N4O. The van der Waals surface area contributed by atoms with Crippen LogP contribution in [0, 0.1) is 11.6 Å². The van der Waals surface area contributed by atoms with E-state index in [4.69, 9.17) is 4.74 Å². The molecule has 0 fully saturated rings. The van der Waals surface area contributed by atoms with E-state index in [0.29, 0.717) is 18.4 Å². The van der Waals surface area contributed by atoms with E-state index in [-0.39, 0.29) is 5.75 Å². The lowest BCUT2D eigenvalue weighted by Crippen LogP contribution is -2.10. The molecule has 0 aliphatic heterocycles. The van der Waals surface area contributed by atoms with Gasteiger partial charge in [0.05, 0.1) is 7.11 Å². The first-order valence-corrected chi connectivity index (χ1v) is 10.0. The zero-order valence-electron chi connectivity index (χ0n) is 17.8. The number of fused-ring (bicyclic) bond motifs is 1. The quantitative estimate of drug-likeness (QED) is 0.439. The van der Waals surface area contributed by atoms with Crippen LogP contribution in [0.5, 0.6) is 5.75 Å². The first-order valence-electron chi connectivity index (χ1n) is 10.0. The molecule has 0 aliphatic rings. The molecule has 0 aliphatic carbocycles. The van der Waals surface area contributed by atoms with E-state index in [2.05, 4.69) is 39.4 Å². The summed E-state index contributed by atoms with van der Waals surface area (Å²) in [5.41, 5.74) is 5.36. The SMILES string of the molecule is COc1cc(CCc2ccc(-c3ccc(CN(C)C)cc3)c3nncn23)c(F)cc1F. The second kappa shape index (κ2) is 8.81. The third-order valence-corrected chi connectivity index (χ3v) is 5.28. The molecule has 2 heterocycles. The fraction of sp³-hybridized carbons (Fsp3) is 0.250. The Balaban J connectivity index is 1.60. The summed E-state index contributed by atoms with van der Waals surface area (Å²) in [6.45, 7) is 0.879. The van der Waals surface area contributed by atoms with Crippen LogP contribution < -0.4 is 4.74 Å². The summed E-state index contributed by atoms with van der Waals surface area (Å²) in [5.74, 6) is -1.24. The smallest absolute Gasteiger partial charge is 0.168 e. The van der Waals surface area contributed by atoms with Crippen LogP contribution in [0.3, 0.4) is 0 Å². The Kier molecular flexibility index (Phi) is 5.95. The summed E-state index contributed by atoms with van der Waals surface area (Å²) >= 11 is 0. The summed E-state index contributed by atoms with van der Waals surface area (Å²) in [7, 11) is 5.45. The summed E-state index contributed by atoms with van der Waals surface area (Å²) in [5, 5.41) is 8.38. The predicted molar refractivity (Wildman–Crippen MR) is 116 cm³/mol. The number of halogens is 2. The molecular weight excluding hydrogens is 398 g/mol. The topological polar surface area (TPSA) is 42.7 Å². The lowest BCUT2D eigenvalue weighted by molar-refractivity contribution is 0.383. The molecule has 0 amide bonds. The molecule has 2 aromatic carbocycles. The fourth-order valence-corrected chi connectivity index (χ4v) is 3.73. The number of pyridine rings is 1. The Labute approximate surface area is 179 Å². The summed E-state index contributed by atoms with van der Waals surface area (Å²) in [6.07, 6.45) is 2.60. The van der Waals surface area contributed by atoms with Crippen molar-refractivity contribution in [1.82, 2.24) is 19.5 Å². The average Bonchev–Trinajstić information content (AvgIpc) is 3.23. The molecule has 0 N–H and O–H groups in total. The van der Waals surface area contributed by atoms with Gasteiger partial charge in [-0.3, -0.25) is 4.40 Å². The van der Waals surface area contributed by atoms with Crippen LogP contribution >= 0.6 is 0 Å². The van der Waals surface area contributed by atoms with Crippen LogP contribution in [0.4, 0.5) is 8.78 Å². The van der Waals surface area contributed by atoms with Gasteiger partial charge in [-0.25, -0.2) is 8.78 Å². The molecule has 4 rings (SSSR count). The van der Waals surface area contributed by atoms with Crippen LogP contribution in [0.25, 0.3) is 16.8 Å². The molecule has 0 atom stereocenters. The van der Waals surface area contributed by atoms with E-state index in [1.807, 2.05) is 30.6 Å². The van der Waals surface area contributed by atoms with Gasteiger partial charge in [0, 0.05) is 23.9 Å². The van der Waals surface area contributed by atoms with E-state index in [1.165, 1.54) is 18.7 Å². The van der Waals surface area contributed by atoms with Gasteiger partial charge in [0.2, 0.25) is 0 Å². The highest BCUT2D eigenvalue weighted by atomic mass is 19.1. The second-order valence-electron chi connectivity index (χ2n) is 7.78. The highest BCUT2D eigenvalue weighted by Crippen LogP contribution is 2.27. The first-order chi connectivity index (χ1) is 15.0. The molecule has 0 spiro atoms. The molecule has 0 unspecified atom stereocenters. The fourth-order valence-electron chi connectivity index (χ4n) is 3.73. The highest BCUT2D eigenvalue weighted by molar-refractivity contribution is 5.77. The Bertz CT molecular complexity index is 1200. The highest BCUT2D eigenvalue weighted by Gasteiger charge is 2.13. The third-order valence-electron chi connectivity index (χ3n) is 5.28. The van der Waals surface area contributed by atoms with Crippen LogP contribution in [-0.2, 0) is 19.4 Å². The number of nitrogens with zero attached hydrogens (tertiary/aromatic N) is 4. The van der Waals surface area contributed by atoms with E-state index < -0.39 is 11.6 Å². The van der Waals surface area contributed by atoms with Gasteiger partial charge in [-0.2, -0.15) is 0 Å². The largest absolute Gasteiger partial charge is 0.494 e. The average molecular weight is 422 g/mol.